The van der Waals surface area contributed by atoms with Gasteiger partial charge >= 0.3 is 0 Å². The lowest BCUT2D eigenvalue weighted by atomic mass is 9.75. The van der Waals surface area contributed by atoms with Crippen LogP contribution in [0.2, 0.25) is 0 Å². The molecule has 1 aliphatic carbocycles. The summed E-state index contributed by atoms with van der Waals surface area (Å²) in [7, 11) is 0. The zero-order valence-electron chi connectivity index (χ0n) is 11.7. The van der Waals surface area contributed by atoms with Gasteiger partial charge in [-0.1, -0.05) is 12.1 Å². The summed E-state index contributed by atoms with van der Waals surface area (Å²) in [5.74, 6) is 0. The second-order valence-electron chi connectivity index (χ2n) is 6.11. The van der Waals surface area contributed by atoms with E-state index >= 15 is 0 Å². The molecule has 2 heteroatoms. The molecule has 1 saturated carbocycles. The molecular weight excluding hydrogens is 222 g/mol. The zero-order chi connectivity index (χ0) is 12.8. The van der Waals surface area contributed by atoms with Crippen LogP contribution in [0.1, 0.15) is 35.1 Å². The van der Waals surface area contributed by atoms with Crippen molar-refractivity contribution >= 4 is 0 Å². The SMILES string of the molecule is Cc1ccc(C2(CNC3CC3)COC2)c(C)c1C. The molecule has 0 bridgehead atoms. The first-order chi connectivity index (χ1) is 8.62. The molecule has 0 amide bonds. The van der Waals surface area contributed by atoms with E-state index in [4.69, 9.17) is 4.74 Å². The first kappa shape index (κ1) is 12.2. The van der Waals surface area contributed by atoms with Crippen molar-refractivity contribution in [2.75, 3.05) is 19.8 Å². The molecule has 0 aromatic heterocycles. The van der Waals surface area contributed by atoms with Crippen molar-refractivity contribution < 1.29 is 4.74 Å². The van der Waals surface area contributed by atoms with Gasteiger partial charge in [0.2, 0.25) is 0 Å². The number of hydrogen-bond donors (Lipinski definition) is 1. The second kappa shape index (κ2) is 4.36. The molecule has 0 spiro atoms. The fraction of sp³-hybridized carbons (Fsp3) is 0.625. The Morgan fingerprint density at radius 2 is 1.89 bits per heavy atom. The van der Waals surface area contributed by atoms with Crippen LogP contribution < -0.4 is 5.32 Å². The highest BCUT2D eigenvalue weighted by molar-refractivity contribution is 5.44. The van der Waals surface area contributed by atoms with E-state index in [0.717, 1.165) is 25.8 Å². The number of ether oxygens (including phenoxy) is 1. The Balaban J connectivity index is 1.88. The number of aryl methyl sites for hydroxylation is 1. The third kappa shape index (κ3) is 1.98. The summed E-state index contributed by atoms with van der Waals surface area (Å²) in [6.07, 6.45) is 2.70. The highest BCUT2D eigenvalue weighted by Crippen LogP contribution is 2.36. The van der Waals surface area contributed by atoms with Crippen molar-refractivity contribution in [3.63, 3.8) is 0 Å². The van der Waals surface area contributed by atoms with Gasteiger partial charge in [0.1, 0.15) is 0 Å². The topological polar surface area (TPSA) is 21.3 Å². The average molecular weight is 245 g/mol. The van der Waals surface area contributed by atoms with Gasteiger partial charge in [-0.2, -0.15) is 0 Å². The van der Waals surface area contributed by atoms with Crippen molar-refractivity contribution in [1.29, 1.82) is 0 Å². The van der Waals surface area contributed by atoms with Crippen molar-refractivity contribution in [3.8, 4) is 0 Å². The van der Waals surface area contributed by atoms with E-state index in [0.29, 0.717) is 0 Å². The zero-order valence-corrected chi connectivity index (χ0v) is 11.7. The van der Waals surface area contributed by atoms with Gasteiger partial charge in [0.05, 0.1) is 18.6 Å². The molecule has 18 heavy (non-hydrogen) atoms. The van der Waals surface area contributed by atoms with Crippen LogP contribution in [0.5, 0.6) is 0 Å². The second-order valence-corrected chi connectivity index (χ2v) is 6.11. The summed E-state index contributed by atoms with van der Waals surface area (Å²) in [5.41, 5.74) is 6.00. The Bertz CT molecular complexity index is 458. The van der Waals surface area contributed by atoms with Crippen LogP contribution in [0.3, 0.4) is 0 Å². The Morgan fingerprint density at radius 3 is 2.44 bits per heavy atom. The van der Waals surface area contributed by atoms with Crippen LogP contribution in [0.4, 0.5) is 0 Å². The van der Waals surface area contributed by atoms with Gasteiger partial charge in [-0.05, 0) is 55.9 Å². The van der Waals surface area contributed by atoms with E-state index in [9.17, 15) is 0 Å². The Hall–Kier alpha value is -0.860. The van der Waals surface area contributed by atoms with E-state index in [1.165, 1.54) is 35.1 Å². The predicted octanol–water partition coefficient (Wildman–Crippen LogP) is 2.63. The molecule has 0 atom stereocenters. The molecule has 3 rings (SSSR count). The number of rotatable bonds is 4. The molecule has 0 radical (unpaired) electrons. The first-order valence-electron chi connectivity index (χ1n) is 7.01. The minimum atomic E-state index is 0.227. The summed E-state index contributed by atoms with van der Waals surface area (Å²) in [6, 6.07) is 5.35. The van der Waals surface area contributed by atoms with Crippen LogP contribution in [-0.4, -0.2) is 25.8 Å². The number of hydrogen-bond acceptors (Lipinski definition) is 2. The summed E-state index contributed by atoms with van der Waals surface area (Å²) >= 11 is 0. The lowest BCUT2D eigenvalue weighted by Gasteiger charge is -2.43. The maximum absolute atomic E-state index is 5.53. The molecule has 1 saturated heterocycles. The monoisotopic (exact) mass is 245 g/mol. The van der Waals surface area contributed by atoms with Gasteiger partial charge in [-0.3, -0.25) is 0 Å². The summed E-state index contributed by atoms with van der Waals surface area (Å²) in [6.45, 7) is 9.50. The van der Waals surface area contributed by atoms with Crippen molar-refractivity contribution in [3.05, 3.63) is 34.4 Å². The van der Waals surface area contributed by atoms with E-state index in [1.807, 2.05) is 0 Å². The highest BCUT2D eigenvalue weighted by Gasteiger charge is 2.42. The standard InChI is InChI=1S/C16H23NO/c1-11-4-7-15(13(3)12(11)2)16(9-18-10-16)8-17-14-5-6-14/h4,7,14,17H,5-6,8-10H2,1-3H3. The smallest absolute Gasteiger partial charge is 0.0598 e. The van der Waals surface area contributed by atoms with Gasteiger partial charge in [0, 0.05) is 12.6 Å². The van der Waals surface area contributed by atoms with Crippen LogP contribution >= 0.6 is 0 Å². The van der Waals surface area contributed by atoms with E-state index in [1.54, 1.807) is 0 Å². The van der Waals surface area contributed by atoms with Gasteiger partial charge in [-0.15, -0.1) is 0 Å². The van der Waals surface area contributed by atoms with Crippen molar-refractivity contribution in [2.24, 2.45) is 0 Å². The maximum Gasteiger partial charge on any atom is 0.0598 e. The Morgan fingerprint density at radius 1 is 1.17 bits per heavy atom. The lowest BCUT2D eigenvalue weighted by molar-refractivity contribution is -0.0594. The van der Waals surface area contributed by atoms with Gasteiger partial charge < -0.3 is 10.1 Å². The minimum Gasteiger partial charge on any atom is -0.379 e. The van der Waals surface area contributed by atoms with Crippen LogP contribution in [0.15, 0.2) is 12.1 Å². The molecule has 2 aliphatic rings. The molecule has 1 aliphatic heterocycles. The third-order valence-corrected chi connectivity index (χ3v) is 4.69. The Labute approximate surface area is 110 Å². The average Bonchev–Trinajstić information content (AvgIpc) is 3.11. The van der Waals surface area contributed by atoms with Crippen LogP contribution in [0, 0.1) is 20.8 Å². The summed E-state index contributed by atoms with van der Waals surface area (Å²) < 4.78 is 5.53. The lowest BCUT2D eigenvalue weighted by Crippen LogP contribution is -2.54. The van der Waals surface area contributed by atoms with Crippen molar-refractivity contribution in [2.45, 2.75) is 45.1 Å². The van der Waals surface area contributed by atoms with Gasteiger partial charge in [0.25, 0.3) is 0 Å². The number of benzene rings is 1. The molecule has 1 aromatic carbocycles. The molecule has 1 heterocycles. The van der Waals surface area contributed by atoms with E-state index in [2.05, 4.69) is 38.2 Å². The van der Waals surface area contributed by atoms with Crippen LogP contribution in [0.25, 0.3) is 0 Å². The normalized spacial score (nSPS) is 21.7. The molecule has 2 nitrogen and oxygen atoms in total. The van der Waals surface area contributed by atoms with Crippen LogP contribution in [-0.2, 0) is 10.2 Å². The molecule has 98 valence electrons. The fourth-order valence-electron chi connectivity index (χ4n) is 2.86. The van der Waals surface area contributed by atoms with E-state index in [-0.39, 0.29) is 5.41 Å². The molecule has 1 aromatic rings. The van der Waals surface area contributed by atoms with Gasteiger partial charge in [-0.25, -0.2) is 0 Å². The first-order valence-corrected chi connectivity index (χ1v) is 7.01. The van der Waals surface area contributed by atoms with E-state index < -0.39 is 0 Å². The largest absolute Gasteiger partial charge is 0.379 e. The predicted molar refractivity (Wildman–Crippen MR) is 74.2 cm³/mol. The molecule has 0 unspecified atom stereocenters. The highest BCUT2D eigenvalue weighted by atomic mass is 16.5. The Kier molecular flexibility index (Phi) is 2.95. The van der Waals surface area contributed by atoms with Gasteiger partial charge in [0.15, 0.2) is 0 Å². The molecule has 1 N–H and O–H groups in total. The summed E-state index contributed by atoms with van der Waals surface area (Å²) in [5, 5.41) is 3.68. The fourth-order valence-corrected chi connectivity index (χ4v) is 2.86. The molecular formula is C16H23NO. The van der Waals surface area contributed by atoms with Crippen molar-refractivity contribution in [1.82, 2.24) is 5.32 Å². The quantitative estimate of drug-likeness (QED) is 0.880. The maximum atomic E-state index is 5.53. The summed E-state index contributed by atoms with van der Waals surface area (Å²) in [4.78, 5) is 0. The molecule has 2 fully saturated rings. The third-order valence-electron chi connectivity index (χ3n) is 4.69. The minimum absolute atomic E-state index is 0.227. The number of nitrogens with one attached hydrogen (secondary N) is 1.